The van der Waals surface area contributed by atoms with Crippen LogP contribution in [-0.4, -0.2) is 23.0 Å². The summed E-state index contributed by atoms with van der Waals surface area (Å²) in [7, 11) is 1.64. The molecule has 1 N–H and O–H groups in total. The van der Waals surface area contributed by atoms with E-state index in [4.69, 9.17) is 4.74 Å². The molecule has 1 aromatic heterocycles. The average molecular weight is 381 g/mol. The standard InChI is InChI=1S/C21H17F2N3O2/c1-28-18-10-3-5-12-13(18)6-2-9-17-14(12)11-24-21(25-17)26-20(27)19-15(22)7-4-8-16(19)23/h3-5,7-8,10-11H,2,6,9H2,1H3,(H,24,25,26,27). The number of hydrogen-bond acceptors (Lipinski definition) is 4. The van der Waals surface area contributed by atoms with Gasteiger partial charge in [0, 0.05) is 17.3 Å². The van der Waals surface area contributed by atoms with E-state index < -0.39 is 23.1 Å². The first-order chi connectivity index (χ1) is 13.6. The van der Waals surface area contributed by atoms with Crippen molar-refractivity contribution in [1.82, 2.24) is 9.97 Å². The number of hydrogen-bond donors (Lipinski definition) is 1. The molecule has 7 heteroatoms. The zero-order valence-corrected chi connectivity index (χ0v) is 15.1. The number of ether oxygens (including phenoxy) is 1. The van der Waals surface area contributed by atoms with Gasteiger partial charge in [-0.15, -0.1) is 0 Å². The summed E-state index contributed by atoms with van der Waals surface area (Å²) >= 11 is 0. The minimum Gasteiger partial charge on any atom is -0.496 e. The molecule has 28 heavy (non-hydrogen) atoms. The number of aryl methyl sites for hydroxylation is 1. The number of halogens is 2. The average Bonchev–Trinajstić information content (AvgIpc) is 2.86. The lowest BCUT2D eigenvalue weighted by atomic mass is 9.99. The van der Waals surface area contributed by atoms with Gasteiger partial charge >= 0.3 is 0 Å². The number of aromatic nitrogens is 2. The Labute approximate surface area is 160 Å². The molecule has 1 aliphatic rings. The lowest BCUT2D eigenvalue weighted by molar-refractivity contribution is 0.101. The van der Waals surface area contributed by atoms with E-state index in [1.165, 1.54) is 6.07 Å². The van der Waals surface area contributed by atoms with Crippen LogP contribution < -0.4 is 10.1 Å². The first-order valence-corrected chi connectivity index (χ1v) is 8.86. The number of methoxy groups -OCH3 is 1. The predicted octanol–water partition coefficient (Wildman–Crippen LogP) is 4.17. The Morgan fingerprint density at radius 2 is 1.82 bits per heavy atom. The van der Waals surface area contributed by atoms with Crippen LogP contribution in [0.3, 0.4) is 0 Å². The van der Waals surface area contributed by atoms with E-state index in [1.807, 2.05) is 18.2 Å². The Morgan fingerprint density at radius 1 is 1.07 bits per heavy atom. The lowest BCUT2D eigenvalue weighted by Crippen LogP contribution is -2.18. The van der Waals surface area contributed by atoms with E-state index in [9.17, 15) is 13.6 Å². The molecule has 0 saturated carbocycles. The second-order valence-electron chi connectivity index (χ2n) is 6.44. The molecular formula is C21H17F2N3O2. The second-order valence-corrected chi connectivity index (χ2v) is 6.44. The van der Waals surface area contributed by atoms with Gasteiger partial charge in [-0.05, 0) is 43.0 Å². The van der Waals surface area contributed by atoms with Gasteiger partial charge in [0.1, 0.15) is 22.9 Å². The zero-order chi connectivity index (χ0) is 19.7. The van der Waals surface area contributed by atoms with Gasteiger partial charge in [0.15, 0.2) is 0 Å². The van der Waals surface area contributed by atoms with Crippen molar-refractivity contribution >= 4 is 11.9 Å². The molecule has 0 atom stereocenters. The number of nitrogens with one attached hydrogen (secondary N) is 1. The van der Waals surface area contributed by atoms with E-state index in [0.29, 0.717) is 6.42 Å². The van der Waals surface area contributed by atoms with E-state index >= 15 is 0 Å². The molecule has 1 amide bonds. The quantitative estimate of drug-likeness (QED) is 0.740. The molecule has 2 aromatic carbocycles. The number of fused-ring (bicyclic) bond motifs is 3. The molecule has 0 unspecified atom stereocenters. The van der Waals surface area contributed by atoms with Crippen molar-refractivity contribution in [3.05, 3.63) is 71.1 Å². The monoisotopic (exact) mass is 381 g/mol. The van der Waals surface area contributed by atoms with Crippen LogP contribution in [0, 0.1) is 11.6 Å². The highest BCUT2D eigenvalue weighted by atomic mass is 19.1. The van der Waals surface area contributed by atoms with Gasteiger partial charge in [0.2, 0.25) is 5.95 Å². The maximum Gasteiger partial charge on any atom is 0.263 e. The number of nitrogens with zero attached hydrogens (tertiary/aromatic N) is 2. The fraction of sp³-hybridized carbons (Fsp3) is 0.190. The molecule has 4 rings (SSSR count). The Hall–Kier alpha value is -3.35. The molecule has 0 radical (unpaired) electrons. The summed E-state index contributed by atoms with van der Waals surface area (Å²) in [5.41, 5.74) is 3.06. The summed E-state index contributed by atoms with van der Waals surface area (Å²) in [6.07, 6.45) is 4.00. The van der Waals surface area contributed by atoms with E-state index in [0.717, 1.165) is 53.1 Å². The fourth-order valence-electron chi connectivity index (χ4n) is 3.47. The molecule has 142 valence electrons. The van der Waals surface area contributed by atoms with Gasteiger partial charge in [-0.3, -0.25) is 10.1 Å². The number of amides is 1. The highest BCUT2D eigenvalue weighted by molar-refractivity contribution is 6.03. The minimum atomic E-state index is -0.937. The third-order valence-corrected chi connectivity index (χ3v) is 4.77. The van der Waals surface area contributed by atoms with Crippen LogP contribution in [-0.2, 0) is 12.8 Å². The molecule has 0 saturated heterocycles. The van der Waals surface area contributed by atoms with Gasteiger partial charge < -0.3 is 4.74 Å². The predicted molar refractivity (Wildman–Crippen MR) is 100 cm³/mol. The van der Waals surface area contributed by atoms with Gasteiger partial charge in [-0.1, -0.05) is 18.2 Å². The van der Waals surface area contributed by atoms with Crippen molar-refractivity contribution in [2.24, 2.45) is 0 Å². The van der Waals surface area contributed by atoms with Crippen molar-refractivity contribution in [2.75, 3.05) is 12.4 Å². The Morgan fingerprint density at radius 3 is 2.57 bits per heavy atom. The van der Waals surface area contributed by atoms with E-state index in [-0.39, 0.29) is 5.95 Å². The SMILES string of the molecule is COc1cccc2c1CCCc1nc(NC(=O)c3c(F)cccc3F)ncc1-2. The maximum absolute atomic E-state index is 13.8. The molecular weight excluding hydrogens is 364 g/mol. The van der Waals surface area contributed by atoms with Crippen molar-refractivity contribution in [3.8, 4) is 16.9 Å². The summed E-state index contributed by atoms with van der Waals surface area (Å²) in [5, 5.41) is 2.39. The molecule has 0 bridgehead atoms. The van der Waals surface area contributed by atoms with Crippen molar-refractivity contribution in [2.45, 2.75) is 19.3 Å². The van der Waals surface area contributed by atoms with Crippen LogP contribution in [0.15, 0.2) is 42.6 Å². The summed E-state index contributed by atoms with van der Waals surface area (Å²) in [6.45, 7) is 0. The Bertz CT molecular complexity index is 1050. The van der Waals surface area contributed by atoms with Crippen LogP contribution in [0.25, 0.3) is 11.1 Å². The molecule has 0 fully saturated rings. The number of rotatable bonds is 3. The largest absolute Gasteiger partial charge is 0.496 e. The summed E-state index contributed by atoms with van der Waals surface area (Å²) in [5.74, 6) is -1.97. The number of carbonyl (C=O) groups excluding carboxylic acids is 1. The van der Waals surface area contributed by atoms with Crippen LogP contribution in [0.4, 0.5) is 14.7 Å². The first kappa shape index (κ1) is 18.0. The summed E-state index contributed by atoms with van der Waals surface area (Å²) in [4.78, 5) is 20.9. The second kappa shape index (κ2) is 7.34. The summed E-state index contributed by atoms with van der Waals surface area (Å²) < 4.78 is 33.1. The number of carbonyl (C=O) groups is 1. The van der Waals surface area contributed by atoms with Gasteiger partial charge in [0.05, 0.1) is 12.8 Å². The lowest BCUT2D eigenvalue weighted by Gasteiger charge is -2.13. The fourth-order valence-corrected chi connectivity index (χ4v) is 3.47. The Balaban J connectivity index is 1.68. The van der Waals surface area contributed by atoms with Crippen molar-refractivity contribution in [3.63, 3.8) is 0 Å². The van der Waals surface area contributed by atoms with E-state index in [2.05, 4.69) is 15.3 Å². The first-order valence-electron chi connectivity index (χ1n) is 8.86. The topological polar surface area (TPSA) is 64.1 Å². The molecule has 0 spiro atoms. The van der Waals surface area contributed by atoms with Crippen molar-refractivity contribution in [1.29, 1.82) is 0 Å². The maximum atomic E-state index is 13.8. The highest BCUT2D eigenvalue weighted by Gasteiger charge is 2.21. The third-order valence-electron chi connectivity index (χ3n) is 4.77. The van der Waals surface area contributed by atoms with Crippen LogP contribution in [0.2, 0.25) is 0 Å². The highest BCUT2D eigenvalue weighted by Crippen LogP contribution is 2.36. The summed E-state index contributed by atoms with van der Waals surface area (Å²) in [6, 6.07) is 9.07. The van der Waals surface area contributed by atoms with Gasteiger partial charge in [-0.25, -0.2) is 18.7 Å². The van der Waals surface area contributed by atoms with Crippen molar-refractivity contribution < 1.29 is 18.3 Å². The normalized spacial score (nSPS) is 12.5. The minimum absolute atomic E-state index is 0.0118. The van der Waals surface area contributed by atoms with Crippen LogP contribution in [0.5, 0.6) is 5.75 Å². The smallest absolute Gasteiger partial charge is 0.263 e. The molecule has 3 aromatic rings. The van der Waals surface area contributed by atoms with Crippen LogP contribution in [0.1, 0.15) is 28.0 Å². The Kier molecular flexibility index (Phi) is 4.73. The number of anilines is 1. The van der Waals surface area contributed by atoms with Gasteiger partial charge in [-0.2, -0.15) is 0 Å². The van der Waals surface area contributed by atoms with E-state index in [1.54, 1.807) is 13.3 Å². The molecule has 0 aliphatic heterocycles. The third kappa shape index (κ3) is 3.19. The zero-order valence-electron chi connectivity index (χ0n) is 15.1. The number of benzene rings is 2. The molecule has 1 aliphatic carbocycles. The molecule has 1 heterocycles. The molecule has 5 nitrogen and oxygen atoms in total. The van der Waals surface area contributed by atoms with Crippen LogP contribution >= 0.6 is 0 Å². The van der Waals surface area contributed by atoms with Gasteiger partial charge in [0.25, 0.3) is 5.91 Å².